The smallest absolute Gasteiger partial charge is 0.0636 e. The van der Waals surface area contributed by atoms with Crippen LogP contribution in [0.25, 0.3) is 0 Å². The highest BCUT2D eigenvalue weighted by Gasteiger charge is 2.38. The van der Waals surface area contributed by atoms with Crippen molar-refractivity contribution in [3.05, 3.63) is 71.8 Å². The molecule has 2 aromatic rings. The molecule has 0 aliphatic carbocycles. The Morgan fingerprint density at radius 2 is 1.50 bits per heavy atom. The second kappa shape index (κ2) is 6.32. The number of nitrogens with zero attached hydrogens (tertiary/aromatic N) is 2. The van der Waals surface area contributed by atoms with Crippen LogP contribution in [-0.4, -0.2) is 22.9 Å². The van der Waals surface area contributed by atoms with Crippen molar-refractivity contribution in [1.29, 1.82) is 0 Å². The Bertz CT molecular complexity index is 639. The van der Waals surface area contributed by atoms with Crippen LogP contribution >= 0.6 is 0 Å². The van der Waals surface area contributed by atoms with Gasteiger partial charge in [0.2, 0.25) is 0 Å². The summed E-state index contributed by atoms with van der Waals surface area (Å²) in [4.78, 5) is 2.41. The maximum atomic E-state index is 9.45. The molecule has 1 fully saturated rings. The second-order valence-corrected chi connectivity index (χ2v) is 6.03. The Kier molecular flexibility index (Phi) is 4.25. The minimum absolute atomic E-state index is 0.192. The average molecular weight is 294 g/mol. The quantitative estimate of drug-likeness (QED) is 0.663. The Labute approximate surface area is 131 Å². The summed E-state index contributed by atoms with van der Waals surface area (Å²) in [6.07, 6.45) is 0.765. The van der Waals surface area contributed by atoms with Crippen LogP contribution in [0.4, 0.5) is 0 Å². The highest BCUT2D eigenvalue weighted by atomic mass is 16.4. The van der Waals surface area contributed by atoms with Crippen molar-refractivity contribution < 1.29 is 5.21 Å². The summed E-state index contributed by atoms with van der Waals surface area (Å²) < 4.78 is 0. The van der Waals surface area contributed by atoms with E-state index in [0.29, 0.717) is 0 Å². The monoisotopic (exact) mass is 294 g/mol. The summed E-state index contributed by atoms with van der Waals surface area (Å²) in [5, 5.41) is 13.1. The topological polar surface area (TPSA) is 35.8 Å². The molecule has 1 aliphatic rings. The number of likely N-dealkylation sites (tertiary alicyclic amines) is 1. The van der Waals surface area contributed by atoms with Gasteiger partial charge in [0.25, 0.3) is 0 Å². The third-order valence-electron chi connectivity index (χ3n) is 4.79. The van der Waals surface area contributed by atoms with E-state index in [1.54, 1.807) is 0 Å². The lowest BCUT2D eigenvalue weighted by molar-refractivity contribution is 0.128. The van der Waals surface area contributed by atoms with E-state index in [1.807, 2.05) is 12.1 Å². The fourth-order valence-electron chi connectivity index (χ4n) is 3.59. The highest BCUT2D eigenvalue weighted by Crippen LogP contribution is 2.42. The van der Waals surface area contributed by atoms with Crippen molar-refractivity contribution in [2.75, 3.05) is 7.05 Å². The Morgan fingerprint density at radius 1 is 0.955 bits per heavy atom. The van der Waals surface area contributed by atoms with Crippen molar-refractivity contribution in [3.8, 4) is 0 Å². The standard InChI is InChI=1S/C19H22N2O/c1-14-17(20-22)13-18(15-9-5-3-6-10-15)21(2)19(14)16-11-7-4-8-12-16/h3-12,14,18-19,22H,13H2,1-2H3/t14-,18+,19-/m1/s1. The number of hydrogen-bond acceptors (Lipinski definition) is 3. The van der Waals surface area contributed by atoms with Crippen LogP contribution in [-0.2, 0) is 0 Å². The molecule has 1 saturated heterocycles. The number of rotatable bonds is 2. The molecule has 3 nitrogen and oxygen atoms in total. The van der Waals surface area contributed by atoms with E-state index in [2.05, 4.69) is 72.6 Å². The first-order valence-corrected chi connectivity index (χ1v) is 7.75. The third-order valence-corrected chi connectivity index (χ3v) is 4.79. The lowest BCUT2D eigenvalue weighted by Crippen LogP contribution is -2.42. The number of benzene rings is 2. The van der Waals surface area contributed by atoms with Gasteiger partial charge < -0.3 is 5.21 Å². The second-order valence-electron chi connectivity index (χ2n) is 6.03. The van der Waals surface area contributed by atoms with Crippen molar-refractivity contribution in [3.63, 3.8) is 0 Å². The molecule has 0 radical (unpaired) electrons. The van der Waals surface area contributed by atoms with Crippen LogP contribution in [0, 0.1) is 5.92 Å². The van der Waals surface area contributed by atoms with Gasteiger partial charge in [-0.1, -0.05) is 72.7 Å². The zero-order chi connectivity index (χ0) is 15.5. The van der Waals surface area contributed by atoms with Crippen LogP contribution in [0.3, 0.4) is 0 Å². The van der Waals surface area contributed by atoms with Gasteiger partial charge >= 0.3 is 0 Å². The first kappa shape index (κ1) is 14.8. The molecular formula is C19H22N2O. The van der Waals surface area contributed by atoms with Crippen molar-refractivity contribution in [2.45, 2.75) is 25.4 Å². The maximum absolute atomic E-state index is 9.45. The molecule has 1 aliphatic heterocycles. The first-order chi connectivity index (χ1) is 10.7. The summed E-state index contributed by atoms with van der Waals surface area (Å²) in [7, 11) is 2.17. The van der Waals surface area contributed by atoms with Gasteiger partial charge in [-0.2, -0.15) is 0 Å². The summed E-state index contributed by atoms with van der Waals surface area (Å²) in [5.74, 6) is 0.192. The van der Waals surface area contributed by atoms with E-state index in [0.717, 1.165) is 12.1 Å². The summed E-state index contributed by atoms with van der Waals surface area (Å²) in [5.41, 5.74) is 3.40. The van der Waals surface area contributed by atoms with Crippen molar-refractivity contribution >= 4 is 5.71 Å². The van der Waals surface area contributed by atoms with Gasteiger partial charge in [0.05, 0.1) is 5.71 Å². The molecule has 2 aromatic carbocycles. The van der Waals surface area contributed by atoms with Gasteiger partial charge in [-0.15, -0.1) is 0 Å². The molecule has 3 rings (SSSR count). The van der Waals surface area contributed by atoms with Gasteiger partial charge in [-0.3, -0.25) is 4.90 Å². The predicted octanol–water partition coefficient (Wildman–Crippen LogP) is 4.27. The minimum atomic E-state index is 0.192. The molecular weight excluding hydrogens is 272 g/mol. The first-order valence-electron chi connectivity index (χ1n) is 7.75. The van der Waals surface area contributed by atoms with Crippen LogP contribution in [0.1, 0.15) is 36.6 Å². The van der Waals surface area contributed by atoms with Gasteiger partial charge in [-0.05, 0) is 18.2 Å². The Hall–Kier alpha value is -2.13. The molecule has 3 heteroatoms. The molecule has 1 N–H and O–H groups in total. The number of piperidine rings is 1. The fourth-order valence-corrected chi connectivity index (χ4v) is 3.59. The highest BCUT2D eigenvalue weighted by molar-refractivity contribution is 5.88. The average Bonchev–Trinajstić information content (AvgIpc) is 2.57. The molecule has 0 unspecified atom stereocenters. The van der Waals surface area contributed by atoms with Crippen LogP contribution < -0.4 is 0 Å². The fraction of sp³-hybridized carbons (Fsp3) is 0.316. The number of oxime groups is 1. The summed E-state index contributed by atoms with van der Waals surface area (Å²) >= 11 is 0. The van der Waals surface area contributed by atoms with Crippen molar-refractivity contribution in [2.24, 2.45) is 11.1 Å². The molecule has 0 saturated carbocycles. The van der Waals surface area contributed by atoms with E-state index < -0.39 is 0 Å². The van der Waals surface area contributed by atoms with Gasteiger partial charge in [-0.25, -0.2) is 0 Å². The zero-order valence-electron chi connectivity index (χ0n) is 13.1. The van der Waals surface area contributed by atoms with E-state index in [4.69, 9.17) is 0 Å². The predicted molar refractivity (Wildman–Crippen MR) is 89.1 cm³/mol. The van der Waals surface area contributed by atoms with Crippen LogP contribution in [0.2, 0.25) is 0 Å². The van der Waals surface area contributed by atoms with Gasteiger partial charge in [0.1, 0.15) is 0 Å². The Morgan fingerprint density at radius 3 is 2.05 bits per heavy atom. The van der Waals surface area contributed by atoms with Crippen molar-refractivity contribution in [1.82, 2.24) is 4.90 Å². The van der Waals surface area contributed by atoms with Crippen LogP contribution in [0.15, 0.2) is 65.8 Å². The van der Waals surface area contributed by atoms with E-state index in [9.17, 15) is 5.21 Å². The molecule has 1 heterocycles. The normalized spacial score (nSPS) is 27.9. The van der Waals surface area contributed by atoms with Gasteiger partial charge in [0.15, 0.2) is 0 Å². The summed E-state index contributed by atoms with van der Waals surface area (Å²) in [6, 6.07) is 21.4. The minimum Gasteiger partial charge on any atom is -0.411 e. The lowest BCUT2D eigenvalue weighted by atomic mass is 9.80. The molecule has 22 heavy (non-hydrogen) atoms. The van der Waals surface area contributed by atoms with Crippen LogP contribution in [0.5, 0.6) is 0 Å². The lowest BCUT2D eigenvalue weighted by Gasteiger charge is -2.44. The molecule has 0 spiro atoms. The third kappa shape index (κ3) is 2.64. The van der Waals surface area contributed by atoms with E-state index in [-0.39, 0.29) is 18.0 Å². The molecule has 114 valence electrons. The largest absolute Gasteiger partial charge is 0.411 e. The Balaban J connectivity index is 2.01. The molecule has 0 bridgehead atoms. The van der Waals surface area contributed by atoms with Gasteiger partial charge in [0, 0.05) is 24.4 Å². The SMILES string of the molecule is C[C@@H]1C(=NO)C[C@@H](c2ccccc2)N(C)[C@H]1c1ccccc1. The number of hydrogen-bond donors (Lipinski definition) is 1. The zero-order valence-corrected chi connectivity index (χ0v) is 13.1. The van der Waals surface area contributed by atoms with E-state index >= 15 is 0 Å². The maximum Gasteiger partial charge on any atom is 0.0636 e. The molecule has 0 aromatic heterocycles. The summed E-state index contributed by atoms with van der Waals surface area (Å²) in [6.45, 7) is 2.14. The molecule has 0 amide bonds. The van der Waals surface area contributed by atoms with E-state index in [1.165, 1.54) is 11.1 Å². The molecule has 3 atom stereocenters.